The molecular formula is C22H27N3O2. The van der Waals surface area contributed by atoms with Gasteiger partial charge in [-0.25, -0.2) is 0 Å². The number of aryl methyl sites for hydroxylation is 2. The largest absolute Gasteiger partial charge is 0.376 e. The third-order valence-corrected chi connectivity index (χ3v) is 5.67. The Labute approximate surface area is 160 Å². The van der Waals surface area contributed by atoms with Crippen LogP contribution in [0.3, 0.4) is 0 Å². The van der Waals surface area contributed by atoms with Crippen LogP contribution in [0.25, 0.3) is 0 Å². The Hall–Kier alpha value is -2.24. The molecule has 27 heavy (non-hydrogen) atoms. The van der Waals surface area contributed by atoms with Gasteiger partial charge in [0.25, 0.3) is 5.91 Å². The van der Waals surface area contributed by atoms with E-state index in [1.807, 2.05) is 0 Å². The van der Waals surface area contributed by atoms with E-state index in [2.05, 4.69) is 47.2 Å². The molecule has 1 aromatic carbocycles. The van der Waals surface area contributed by atoms with Crippen molar-refractivity contribution >= 4 is 5.91 Å². The Morgan fingerprint density at radius 3 is 2.67 bits per heavy atom. The average molecular weight is 365 g/mol. The minimum atomic E-state index is -0.0362. The van der Waals surface area contributed by atoms with Crippen LogP contribution >= 0.6 is 0 Å². The zero-order chi connectivity index (χ0) is 18.8. The van der Waals surface area contributed by atoms with Crippen LogP contribution in [0.15, 0.2) is 42.7 Å². The van der Waals surface area contributed by atoms with Crippen molar-refractivity contribution in [3.63, 3.8) is 0 Å². The highest BCUT2D eigenvalue weighted by atomic mass is 16.5. The number of likely N-dealkylation sites (tertiary alicyclic amines) is 1. The highest BCUT2D eigenvalue weighted by Crippen LogP contribution is 2.34. The number of nitrogens with one attached hydrogen (secondary N) is 1. The highest BCUT2D eigenvalue weighted by molar-refractivity contribution is 5.93. The lowest BCUT2D eigenvalue weighted by atomic mass is 9.93. The van der Waals surface area contributed by atoms with Crippen LogP contribution in [0.4, 0.5) is 0 Å². The number of aromatic nitrogens is 1. The van der Waals surface area contributed by atoms with Gasteiger partial charge in [0, 0.05) is 56.0 Å². The first-order chi connectivity index (χ1) is 13.1. The van der Waals surface area contributed by atoms with Gasteiger partial charge in [-0.15, -0.1) is 0 Å². The molecule has 2 saturated heterocycles. The molecule has 5 nitrogen and oxygen atoms in total. The van der Waals surface area contributed by atoms with E-state index >= 15 is 0 Å². The fraction of sp³-hybridized carbons (Fsp3) is 0.455. The number of nitrogens with zero attached hydrogens (tertiary/aromatic N) is 2. The Kier molecular flexibility index (Phi) is 5.23. The number of amides is 1. The van der Waals surface area contributed by atoms with Crippen LogP contribution in [0.5, 0.6) is 0 Å². The second kappa shape index (κ2) is 7.79. The molecule has 3 heterocycles. The molecule has 1 aromatic heterocycles. The second-order valence-corrected chi connectivity index (χ2v) is 7.93. The van der Waals surface area contributed by atoms with E-state index < -0.39 is 0 Å². The third-order valence-electron chi connectivity index (χ3n) is 5.67. The van der Waals surface area contributed by atoms with Gasteiger partial charge in [0.2, 0.25) is 0 Å². The van der Waals surface area contributed by atoms with Crippen LogP contribution in [0.1, 0.15) is 27.0 Å². The number of pyridine rings is 1. The van der Waals surface area contributed by atoms with E-state index in [-0.39, 0.29) is 5.91 Å². The van der Waals surface area contributed by atoms with E-state index in [1.54, 1.807) is 24.5 Å². The van der Waals surface area contributed by atoms with Gasteiger partial charge in [-0.3, -0.25) is 14.7 Å². The molecule has 0 unspecified atom stereocenters. The molecule has 0 radical (unpaired) electrons. The number of ether oxygens (including phenoxy) is 1. The lowest BCUT2D eigenvalue weighted by Crippen LogP contribution is -2.34. The number of carbonyl (C=O) groups excluding carboxylic acids is 1. The van der Waals surface area contributed by atoms with Gasteiger partial charge in [0.15, 0.2) is 0 Å². The number of hydrogen-bond acceptors (Lipinski definition) is 4. The minimum absolute atomic E-state index is 0.0362. The van der Waals surface area contributed by atoms with Crippen molar-refractivity contribution in [3.8, 4) is 0 Å². The SMILES string of the molecule is Cc1cc(C)cc(CN2C[C@@H]3[C@@H](CNC(=O)c4ccncc4)CO[C@@H]3C2)c1. The Morgan fingerprint density at radius 1 is 1.19 bits per heavy atom. The van der Waals surface area contributed by atoms with E-state index in [9.17, 15) is 4.79 Å². The standard InChI is InChI=1S/C22H27N3O2/c1-15-7-16(2)9-17(8-15)11-25-12-20-19(14-27-21(20)13-25)10-24-22(26)18-3-5-23-6-4-18/h3-9,19-21H,10-14H2,1-2H3,(H,24,26)/t19-,20+,21+/m0/s1. The average Bonchev–Trinajstić information content (AvgIpc) is 3.20. The molecule has 5 heteroatoms. The van der Waals surface area contributed by atoms with Crippen LogP contribution in [-0.2, 0) is 11.3 Å². The molecule has 0 spiro atoms. The summed E-state index contributed by atoms with van der Waals surface area (Å²) in [5.74, 6) is 0.838. The van der Waals surface area contributed by atoms with Crippen molar-refractivity contribution in [1.29, 1.82) is 0 Å². The summed E-state index contributed by atoms with van der Waals surface area (Å²) in [6, 6.07) is 10.2. The van der Waals surface area contributed by atoms with Gasteiger partial charge in [-0.05, 0) is 31.5 Å². The second-order valence-electron chi connectivity index (χ2n) is 7.93. The van der Waals surface area contributed by atoms with E-state index in [0.717, 1.165) is 26.2 Å². The normalized spacial score (nSPS) is 24.7. The number of carbonyl (C=O) groups is 1. The molecule has 3 atom stereocenters. The van der Waals surface area contributed by atoms with Crippen LogP contribution in [0, 0.1) is 25.7 Å². The van der Waals surface area contributed by atoms with E-state index in [0.29, 0.717) is 30.0 Å². The number of benzene rings is 1. The molecule has 0 bridgehead atoms. The fourth-order valence-electron chi connectivity index (χ4n) is 4.47. The molecule has 142 valence electrons. The first-order valence-electron chi connectivity index (χ1n) is 9.68. The lowest BCUT2D eigenvalue weighted by molar-refractivity contribution is 0.0903. The van der Waals surface area contributed by atoms with Crippen molar-refractivity contribution in [2.45, 2.75) is 26.5 Å². The molecule has 2 aliphatic rings. The zero-order valence-electron chi connectivity index (χ0n) is 16.0. The van der Waals surface area contributed by atoms with Crippen LogP contribution < -0.4 is 5.32 Å². The maximum atomic E-state index is 12.3. The van der Waals surface area contributed by atoms with E-state index in [4.69, 9.17) is 4.74 Å². The van der Waals surface area contributed by atoms with Gasteiger partial charge in [0.1, 0.15) is 0 Å². The molecule has 0 saturated carbocycles. The maximum absolute atomic E-state index is 12.3. The summed E-state index contributed by atoms with van der Waals surface area (Å²) >= 11 is 0. The summed E-state index contributed by atoms with van der Waals surface area (Å²) in [5.41, 5.74) is 4.66. The fourth-order valence-corrected chi connectivity index (χ4v) is 4.47. The molecule has 1 amide bonds. The summed E-state index contributed by atoms with van der Waals surface area (Å²) in [6.07, 6.45) is 3.58. The summed E-state index contributed by atoms with van der Waals surface area (Å²) in [5, 5.41) is 3.07. The van der Waals surface area contributed by atoms with Gasteiger partial charge in [-0.2, -0.15) is 0 Å². The summed E-state index contributed by atoms with van der Waals surface area (Å²) in [6.45, 7) is 8.69. The smallest absolute Gasteiger partial charge is 0.251 e. The van der Waals surface area contributed by atoms with Gasteiger partial charge >= 0.3 is 0 Å². The van der Waals surface area contributed by atoms with Gasteiger partial charge in [0.05, 0.1) is 12.7 Å². The molecule has 4 rings (SSSR count). The minimum Gasteiger partial charge on any atom is -0.376 e. The first kappa shape index (κ1) is 18.1. The molecule has 2 fully saturated rings. The number of fused-ring (bicyclic) bond motifs is 1. The van der Waals surface area contributed by atoms with Crippen molar-refractivity contribution in [2.24, 2.45) is 11.8 Å². The number of rotatable bonds is 5. The lowest BCUT2D eigenvalue weighted by Gasteiger charge is -2.20. The topological polar surface area (TPSA) is 54.5 Å². The molecule has 2 aromatic rings. The molecule has 2 aliphatic heterocycles. The molecule has 0 aliphatic carbocycles. The first-order valence-corrected chi connectivity index (χ1v) is 9.68. The Balaban J connectivity index is 1.32. The van der Waals surface area contributed by atoms with Crippen molar-refractivity contribution in [1.82, 2.24) is 15.2 Å². The Morgan fingerprint density at radius 2 is 1.93 bits per heavy atom. The van der Waals surface area contributed by atoms with E-state index in [1.165, 1.54) is 16.7 Å². The van der Waals surface area contributed by atoms with Crippen molar-refractivity contribution in [2.75, 3.05) is 26.2 Å². The van der Waals surface area contributed by atoms with Crippen LogP contribution in [0.2, 0.25) is 0 Å². The Bertz CT molecular complexity index is 788. The monoisotopic (exact) mass is 365 g/mol. The summed E-state index contributed by atoms with van der Waals surface area (Å²) in [4.78, 5) is 18.7. The number of hydrogen-bond donors (Lipinski definition) is 1. The molecular weight excluding hydrogens is 338 g/mol. The quantitative estimate of drug-likeness (QED) is 0.885. The van der Waals surface area contributed by atoms with Crippen molar-refractivity contribution in [3.05, 3.63) is 65.0 Å². The van der Waals surface area contributed by atoms with Gasteiger partial charge in [-0.1, -0.05) is 29.3 Å². The summed E-state index contributed by atoms with van der Waals surface area (Å²) in [7, 11) is 0. The highest BCUT2D eigenvalue weighted by Gasteiger charge is 2.43. The van der Waals surface area contributed by atoms with Gasteiger partial charge < -0.3 is 10.1 Å². The van der Waals surface area contributed by atoms with Crippen LogP contribution in [-0.4, -0.2) is 48.1 Å². The summed E-state index contributed by atoms with van der Waals surface area (Å²) < 4.78 is 6.04. The predicted molar refractivity (Wildman–Crippen MR) is 104 cm³/mol. The predicted octanol–water partition coefficient (Wildman–Crippen LogP) is 2.58. The zero-order valence-corrected chi connectivity index (χ0v) is 16.0. The third kappa shape index (κ3) is 4.20. The molecule has 1 N–H and O–H groups in total. The maximum Gasteiger partial charge on any atom is 0.251 e. The van der Waals surface area contributed by atoms with Crippen molar-refractivity contribution < 1.29 is 9.53 Å².